The second-order valence-corrected chi connectivity index (χ2v) is 7.02. The monoisotopic (exact) mass is 369 g/mol. The number of tetrazole rings is 1. The minimum Gasteiger partial charge on any atom is -0.480 e. The fourth-order valence-electron chi connectivity index (χ4n) is 3.94. The van der Waals surface area contributed by atoms with Gasteiger partial charge in [0.05, 0.1) is 5.69 Å². The molecule has 0 spiro atoms. The van der Waals surface area contributed by atoms with E-state index < -0.39 is 12.0 Å². The third-order valence-corrected chi connectivity index (χ3v) is 5.35. The Hall–Kier alpha value is -3.00. The van der Waals surface area contributed by atoms with Crippen molar-refractivity contribution in [1.82, 2.24) is 24.8 Å². The van der Waals surface area contributed by atoms with Crippen LogP contribution in [0.4, 0.5) is 0 Å². The molecule has 3 atom stereocenters. The van der Waals surface area contributed by atoms with Crippen molar-refractivity contribution in [1.29, 1.82) is 0 Å². The first kappa shape index (κ1) is 15.3. The van der Waals surface area contributed by atoms with Crippen LogP contribution in [0.1, 0.15) is 24.1 Å². The summed E-state index contributed by atoms with van der Waals surface area (Å²) < 4.78 is 2.91. The normalized spacial score (nSPS) is 22.7. The number of halogens is 1. The van der Waals surface area contributed by atoms with E-state index >= 15 is 0 Å². The highest BCUT2D eigenvalue weighted by molar-refractivity contribution is 6.31. The number of carboxylic acid groups (broad SMARTS) is 1. The maximum absolute atomic E-state index is 12.7. The molecule has 9 heteroatoms. The molecule has 130 valence electrons. The molecule has 0 amide bonds. The molecule has 0 radical (unpaired) electrons. The largest absolute Gasteiger partial charge is 0.480 e. The summed E-state index contributed by atoms with van der Waals surface area (Å²) >= 11 is 6.16. The first-order chi connectivity index (χ1) is 12.5. The molecular weight excluding hydrogens is 358 g/mol. The third-order valence-electron chi connectivity index (χ3n) is 5.12. The number of aliphatic carboxylic acids is 1. The number of rotatable bonds is 3. The lowest BCUT2D eigenvalue weighted by Crippen LogP contribution is -2.29. The van der Waals surface area contributed by atoms with Crippen LogP contribution in [0.25, 0.3) is 16.8 Å². The minimum atomic E-state index is -0.955. The molecule has 5 rings (SSSR count). The average Bonchev–Trinajstić information content (AvgIpc) is 3.05. The van der Waals surface area contributed by atoms with Crippen molar-refractivity contribution >= 4 is 17.6 Å². The quantitative estimate of drug-likeness (QED) is 0.756. The molecule has 1 aromatic carbocycles. The SMILES string of the molecule is O=C(O)[C@@H]1[C@H]2CC2c2cc(-c3cc(Cl)ccc3-n3cnnn3)cc(=O)n21. The Labute approximate surface area is 151 Å². The summed E-state index contributed by atoms with van der Waals surface area (Å²) in [5.41, 5.74) is 2.52. The number of hydrogen-bond donors (Lipinski definition) is 1. The van der Waals surface area contributed by atoms with Gasteiger partial charge in [-0.3, -0.25) is 9.36 Å². The van der Waals surface area contributed by atoms with Crippen LogP contribution in [-0.2, 0) is 4.79 Å². The zero-order chi connectivity index (χ0) is 18.0. The molecule has 3 aromatic rings. The van der Waals surface area contributed by atoms with E-state index in [-0.39, 0.29) is 17.4 Å². The number of carboxylic acids is 1. The molecule has 1 unspecified atom stereocenters. The first-order valence-corrected chi connectivity index (χ1v) is 8.45. The Kier molecular flexibility index (Phi) is 3.08. The first-order valence-electron chi connectivity index (χ1n) is 8.07. The Morgan fingerprint density at radius 2 is 2.12 bits per heavy atom. The maximum atomic E-state index is 12.7. The van der Waals surface area contributed by atoms with Gasteiger partial charge in [0.25, 0.3) is 5.56 Å². The maximum Gasteiger partial charge on any atom is 0.327 e. The summed E-state index contributed by atoms with van der Waals surface area (Å²) in [6.07, 6.45) is 2.26. The van der Waals surface area contributed by atoms with Crippen LogP contribution in [0.15, 0.2) is 41.5 Å². The van der Waals surface area contributed by atoms with Crippen molar-refractivity contribution in [2.45, 2.75) is 18.4 Å². The van der Waals surface area contributed by atoms with Gasteiger partial charge in [0, 0.05) is 28.3 Å². The molecule has 0 bridgehead atoms. The molecule has 0 saturated heterocycles. The van der Waals surface area contributed by atoms with E-state index in [9.17, 15) is 14.7 Å². The second kappa shape index (κ2) is 5.25. The van der Waals surface area contributed by atoms with Crippen LogP contribution in [0.3, 0.4) is 0 Å². The van der Waals surface area contributed by atoms with Gasteiger partial charge in [-0.2, -0.15) is 4.68 Å². The van der Waals surface area contributed by atoms with E-state index in [1.54, 1.807) is 18.2 Å². The molecule has 8 nitrogen and oxygen atoms in total. The van der Waals surface area contributed by atoms with E-state index in [0.29, 0.717) is 21.8 Å². The molecule has 1 N–H and O–H groups in total. The molecule has 26 heavy (non-hydrogen) atoms. The predicted octanol–water partition coefficient (Wildman–Crippen LogP) is 1.89. The highest BCUT2D eigenvalue weighted by atomic mass is 35.5. The van der Waals surface area contributed by atoms with Crippen LogP contribution in [0, 0.1) is 5.92 Å². The number of pyridine rings is 1. The fourth-order valence-corrected chi connectivity index (χ4v) is 4.11. The van der Waals surface area contributed by atoms with Crippen LogP contribution in [0.2, 0.25) is 5.02 Å². The highest BCUT2D eigenvalue weighted by Gasteiger charge is 2.55. The number of carbonyl (C=O) groups is 1. The van der Waals surface area contributed by atoms with E-state index in [1.807, 2.05) is 6.07 Å². The van der Waals surface area contributed by atoms with Gasteiger partial charge in [-0.15, -0.1) is 5.10 Å². The summed E-state index contributed by atoms with van der Waals surface area (Å²) in [6, 6.07) is 7.81. The molecule has 1 aliphatic heterocycles. The van der Waals surface area contributed by atoms with Gasteiger partial charge >= 0.3 is 5.97 Å². The number of nitrogens with zero attached hydrogens (tertiary/aromatic N) is 5. The molecular formula is C17H12ClN5O3. The van der Waals surface area contributed by atoms with Crippen molar-refractivity contribution in [3.05, 3.63) is 57.7 Å². The summed E-state index contributed by atoms with van der Waals surface area (Å²) in [5, 5.41) is 21.2. The van der Waals surface area contributed by atoms with Gasteiger partial charge < -0.3 is 5.11 Å². The lowest BCUT2D eigenvalue weighted by molar-refractivity contribution is -0.141. The van der Waals surface area contributed by atoms with Crippen molar-refractivity contribution in [2.24, 2.45) is 5.92 Å². The number of fused-ring (bicyclic) bond motifs is 3. The Morgan fingerprint density at radius 3 is 2.85 bits per heavy atom. The van der Waals surface area contributed by atoms with E-state index in [4.69, 9.17) is 11.6 Å². The van der Waals surface area contributed by atoms with Crippen LogP contribution in [0.5, 0.6) is 0 Å². The smallest absolute Gasteiger partial charge is 0.327 e. The predicted molar refractivity (Wildman–Crippen MR) is 91.4 cm³/mol. The van der Waals surface area contributed by atoms with E-state index in [0.717, 1.165) is 12.1 Å². The zero-order valence-corrected chi connectivity index (χ0v) is 14.0. The zero-order valence-electron chi connectivity index (χ0n) is 13.3. The topological polar surface area (TPSA) is 103 Å². The Bertz CT molecular complexity index is 1110. The standard InChI is InChI=1S/C17H12ClN5O3/c18-9-1-2-13(22-7-19-20-21-22)10(5-9)8-3-14-11-6-12(11)16(17(25)26)23(14)15(24)4-8/h1-5,7,11-12,16H,6H2,(H,25,26)/t11?,12-,16-/m0/s1. The van der Waals surface area contributed by atoms with Gasteiger partial charge in [-0.05, 0) is 52.6 Å². The molecule has 2 aromatic heterocycles. The van der Waals surface area contributed by atoms with Gasteiger partial charge in [0.1, 0.15) is 12.4 Å². The minimum absolute atomic E-state index is 0.00815. The van der Waals surface area contributed by atoms with Gasteiger partial charge in [-0.25, -0.2) is 4.79 Å². The van der Waals surface area contributed by atoms with Crippen molar-refractivity contribution in [3.63, 3.8) is 0 Å². The molecule has 2 aliphatic rings. The lowest BCUT2D eigenvalue weighted by atomic mass is 10.0. The fraction of sp³-hybridized carbons (Fsp3) is 0.235. The summed E-state index contributed by atoms with van der Waals surface area (Å²) in [6.45, 7) is 0. The molecule has 1 aliphatic carbocycles. The Morgan fingerprint density at radius 1 is 1.27 bits per heavy atom. The van der Waals surface area contributed by atoms with Crippen molar-refractivity contribution < 1.29 is 9.90 Å². The van der Waals surface area contributed by atoms with Crippen LogP contribution >= 0.6 is 11.6 Å². The Balaban J connectivity index is 1.71. The number of hydrogen-bond acceptors (Lipinski definition) is 5. The summed E-state index contributed by atoms with van der Waals surface area (Å²) in [5.74, 6) is -0.823. The summed E-state index contributed by atoms with van der Waals surface area (Å²) in [7, 11) is 0. The molecule has 3 heterocycles. The number of aromatic nitrogens is 5. The summed E-state index contributed by atoms with van der Waals surface area (Å²) in [4.78, 5) is 24.2. The highest BCUT2D eigenvalue weighted by Crippen LogP contribution is 2.59. The van der Waals surface area contributed by atoms with Gasteiger partial charge in [-0.1, -0.05) is 11.6 Å². The number of benzene rings is 1. The molecule has 1 fully saturated rings. The van der Waals surface area contributed by atoms with Crippen LogP contribution in [-0.4, -0.2) is 35.9 Å². The van der Waals surface area contributed by atoms with Crippen LogP contribution < -0.4 is 5.56 Å². The molecule has 1 saturated carbocycles. The third kappa shape index (κ3) is 2.12. The van der Waals surface area contributed by atoms with Gasteiger partial charge in [0.2, 0.25) is 0 Å². The van der Waals surface area contributed by atoms with Crippen molar-refractivity contribution in [2.75, 3.05) is 0 Å². The lowest BCUT2D eigenvalue weighted by Gasteiger charge is -2.16. The van der Waals surface area contributed by atoms with E-state index in [2.05, 4.69) is 15.5 Å². The second-order valence-electron chi connectivity index (χ2n) is 6.58. The van der Waals surface area contributed by atoms with Crippen molar-refractivity contribution in [3.8, 4) is 16.8 Å². The van der Waals surface area contributed by atoms with Gasteiger partial charge in [0.15, 0.2) is 0 Å². The average molecular weight is 370 g/mol. The van der Waals surface area contributed by atoms with E-state index in [1.165, 1.54) is 21.6 Å².